The van der Waals surface area contributed by atoms with Gasteiger partial charge in [0.05, 0.1) is 0 Å². The third-order valence-corrected chi connectivity index (χ3v) is 4.17. The van der Waals surface area contributed by atoms with Crippen molar-refractivity contribution < 1.29 is 4.21 Å². The largest absolute Gasteiger partial charge is 0.370 e. The van der Waals surface area contributed by atoms with Crippen molar-refractivity contribution in [3.05, 3.63) is 28.7 Å². The first-order valence-corrected chi connectivity index (χ1v) is 6.89. The van der Waals surface area contributed by atoms with Crippen LogP contribution < -0.4 is 4.90 Å². The Hall–Kier alpha value is -0.350. The number of anilines is 1. The Bertz CT molecular complexity index is 328. The van der Waals surface area contributed by atoms with Crippen molar-refractivity contribution in [3.8, 4) is 0 Å². The van der Waals surface area contributed by atoms with Gasteiger partial charge < -0.3 is 4.90 Å². The van der Waals surface area contributed by atoms with Crippen molar-refractivity contribution in [2.75, 3.05) is 29.5 Å². The monoisotopic (exact) mass is 273 g/mol. The second kappa shape index (κ2) is 4.45. The van der Waals surface area contributed by atoms with E-state index in [9.17, 15) is 4.21 Å². The van der Waals surface area contributed by atoms with Gasteiger partial charge >= 0.3 is 0 Å². The first kappa shape index (κ1) is 10.2. The highest BCUT2D eigenvalue weighted by Crippen LogP contribution is 2.19. The normalized spacial score (nSPS) is 18.5. The van der Waals surface area contributed by atoms with Gasteiger partial charge in [-0.1, -0.05) is 15.9 Å². The van der Waals surface area contributed by atoms with E-state index in [-0.39, 0.29) is 0 Å². The second-order valence-electron chi connectivity index (χ2n) is 3.31. The molecule has 0 saturated carbocycles. The average molecular weight is 274 g/mol. The van der Waals surface area contributed by atoms with E-state index in [0.29, 0.717) is 0 Å². The SMILES string of the molecule is O=S1CCN(c2ccc(Br)cc2)CC1. The Morgan fingerprint density at radius 2 is 1.71 bits per heavy atom. The summed E-state index contributed by atoms with van der Waals surface area (Å²) < 4.78 is 12.3. The topological polar surface area (TPSA) is 20.3 Å². The molecule has 1 fully saturated rings. The van der Waals surface area contributed by atoms with Crippen molar-refractivity contribution in [1.29, 1.82) is 0 Å². The first-order chi connectivity index (χ1) is 6.75. The van der Waals surface area contributed by atoms with Crippen molar-refractivity contribution in [2.24, 2.45) is 0 Å². The predicted octanol–water partition coefficient (Wildman–Crippen LogP) is 2.02. The Labute approximate surface area is 94.9 Å². The molecule has 0 spiro atoms. The van der Waals surface area contributed by atoms with Crippen LogP contribution in [0.3, 0.4) is 0 Å². The summed E-state index contributed by atoms with van der Waals surface area (Å²) in [4.78, 5) is 2.29. The lowest BCUT2D eigenvalue weighted by atomic mass is 10.3. The van der Waals surface area contributed by atoms with E-state index in [4.69, 9.17) is 0 Å². The molecule has 0 unspecified atom stereocenters. The second-order valence-corrected chi connectivity index (χ2v) is 5.92. The summed E-state index contributed by atoms with van der Waals surface area (Å²) in [6, 6.07) is 8.28. The van der Waals surface area contributed by atoms with E-state index in [1.807, 2.05) is 12.1 Å². The van der Waals surface area contributed by atoms with Gasteiger partial charge in [0, 0.05) is 45.6 Å². The van der Waals surface area contributed by atoms with Crippen LogP contribution in [-0.4, -0.2) is 28.8 Å². The first-order valence-electron chi connectivity index (χ1n) is 4.61. The minimum Gasteiger partial charge on any atom is -0.370 e. The molecule has 0 bridgehead atoms. The number of nitrogens with zero attached hydrogens (tertiary/aromatic N) is 1. The maximum atomic E-state index is 11.2. The maximum Gasteiger partial charge on any atom is 0.0411 e. The average Bonchev–Trinajstić information content (AvgIpc) is 2.21. The van der Waals surface area contributed by atoms with E-state index in [0.717, 1.165) is 29.1 Å². The lowest BCUT2D eigenvalue weighted by molar-refractivity contribution is 0.673. The smallest absolute Gasteiger partial charge is 0.0411 e. The molecule has 4 heteroatoms. The molecule has 1 aliphatic rings. The van der Waals surface area contributed by atoms with Gasteiger partial charge in [-0.25, -0.2) is 0 Å². The molecule has 0 amide bonds. The molecule has 14 heavy (non-hydrogen) atoms. The highest BCUT2D eigenvalue weighted by molar-refractivity contribution is 9.10. The Morgan fingerprint density at radius 3 is 2.29 bits per heavy atom. The number of rotatable bonds is 1. The summed E-state index contributed by atoms with van der Waals surface area (Å²) in [7, 11) is -0.590. The third kappa shape index (κ3) is 2.36. The molecule has 0 aliphatic carbocycles. The standard InChI is InChI=1S/C10H12BrNOS/c11-9-1-3-10(4-2-9)12-5-7-14(13)8-6-12/h1-4H,5-8H2. The fourth-order valence-electron chi connectivity index (χ4n) is 1.55. The number of halogens is 1. The fourth-order valence-corrected chi connectivity index (χ4v) is 2.86. The predicted molar refractivity (Wildman–Crippen MR) is 64.2 cm³/mol. The van der Waals surface area contributed by atoms with Gasteiger partial charge in [0.1, 0.15) is 0 Å². The maximum absolute atomic E-state index is 11.2. The molecule has 2 nitrogen and oxygen atoms in total. The van der Waals surface area contributed by atoms with Gasteiger partial charge in [0.25, 0.3) is 0 Å². The molecule has 0 radical (unpaired) electrons. The van der Waals surface area contributed by atoms with Gasteiger partial charge in [0.15, 0.2) is 0 Å². The van der Waals surface area contributed by atoms with Crippen molar-refractivity contribution >= 4 is 32.4 Å². The fraction of sp³-hybridized carbons (Fsp3) is 0.400. The van der Waals surface area contributed by atoms with E-state index in [1.165, 1.54) is 5.69 Å². The molecular formula is C10H12BrNOS. The Morgan fingerprint density at radius 1 is 1.14 bits per heavy atom. The summed E-state index contributed by atoms with van der Waals surface area (Å²) in [6.45, 7) is 1.82. The van der Waals surface area contributed by atoms with Crippen molar-refractivity contribution in [3.63, 3.8) is 0 Å². The zero-order chi connectivity index (χ0) is 9.97. The zero-order valence-electron chi connectivity index (χ0n) is 7.78. The number of hydrogen-bond acceptors (Lipinski definition) is 2. The lowest BCUT2D eigenvalue weighted by Gasteiger charge is -2.28. The quantitative estimate of drug-likeness (QED) is 0.781. The molecule has 1 saturated heterocycles. The Kier molecular flexibility index (Phi) is 3.23. The zero-order valence-corrected chi connectivity index (χ0v) is 10.2. The van der Waals surface area contributed by atoms with E-state index >= 15 is 0 Å². The highest BCUT2D eigenvalue weighted by Gasteiger charge is 2.14. The summed E-state index contributed by atoms with van der Waals surface area (Å²) in [5, 5.41) is 0. The van der Waals surface area contributed by atoms with Crippen LogP contribution in [0.1, 0.15) is 0 Å². The molecule has 0 aromatic heterocycles. The van der Waals surface area contributed by atoms with Gasteiger partial charge in [-0.05, 0) is 24.3 Å². The molecule has 2 rings (SSSR count). The van der Waals surface area contributed by atoms with Gasteiger partial charge in [0.2, 0.25) is 0 Å². The van der Waals surface area contributed by atoms with Gasteiger partial charge in [-0.15, -0.1) is 0 Å². The molecular weight excluding hydrogens is 262 g/mol. The minimum absolute atomic E-state index is 0.590. The molecule has 1 heterocycles. The van der Waals surface area contributed by atoms with Crippen LogP contribution in [0.15, 0.2) is 28.7 Å². The molecule has 1 aromatic rings. The van der Waals surface area contributed by atoms with Crippen LogP contribution in [0.2, 0.25) is 0 Å². The van der Waals surface area contributed by atoms with Crippen LogP contribution in [0.25, 0.3) is 0 Å². The summed E-state index contributed by atoms with van der Waals surface area (Å²) in [6.07, 6.45) is 0. The van der Waals surface area contributed by atoms with Gasteiger partial charge in [-0.3, -0.25) is 4.21 Å². The van der Waals surface area contributed by atoms with E-state index in [2.05, 4.69) is 33.0 Å². The van der Waals surface area contributed by atoms with Crippen molar-refractivity contribution in [1.82, 2.24) is 0 Å². The molecule has 0 N–H and O–H groups in total. The van der Waals surface area contributed by atoms with Crippen LogP contribution in [-0.2, 0) is 10.8 Å². The minimum atomic E-state index is -0.590. The molecule has 1 aromatic carbocycles. The summed E-state index contributed by atoms with van der Waals surface area (Å²) >= 11 is 3.41. The van der Waals surface area contributed by atoms with E-state index < -0.39 is 10.8 Å². The Balaban J connectivity index is 2.08. The summed E-state index contributed by atoms with van der Waals surface area (Å²) in [5.74, 6) is 1.60. The van der Waals surface area contributed by atoms with E-state index in [1.54, 1.807) is 0 Å². The third-order valence-electron chi connectivity index (χ3n) is 2.37. The highest BCUT2D eigenvalue weighted by atomic mass is 79.9. The summed E-state index contributed by atoms with van der Waals surface area (Å²) in [5.41, 5.74) is 1.23. The van der Waals surface area contributed by atoms with Crippen LogP contribution in [0.5, 0.6) is 0 Å². The van der Waals surface area contributed by atoms with Crippen LogP contribution in [0, 0.1) is 0 Å². The molecule has 1 aliphatic heterocycles. The number of benzene rings is 1. The van der Waals surface area contributed by atoms with Gasteiger partial charge in [-0.2, -0.15) is 0 Å². The molecule has 0 atom stereocenters. The van der Waals surface area contributed by atoms with Crippen molar-refractivity contribution in [2.45, 2.75) is 0 Å². The van der Waals surface area contributed by atoms with Crippen LogP contribution in [0.4, 0.5) is 5.69 Å². The number of hydrogen-bond donors (Lipinski definition) is 0. The molecule has 76 valence electrons. The lowest BCUT2D eigenvalue weighted by Crippen LogP contribution is -2.37. The van der Waals surface area contributed by atoms with Crippen LogP contribution >= 0.6 is 15.9 Å².